The van der Waals surface area contributed by atoms with Crippen LogP contribution in [-0.2, 0) is 65.4 Å². The molecule has 0 bridgehead atoms. The van der Waals surface area contributed by atoms with Gasteiger partial charge in [-0.05, 0) is 128 Å². The molecule has 0 aliphatic heterocycles. The molecule has 0 aromatic rings. The molecule has 19 heteroatoms. The van der Waals surface area contributed by atoms with E-state index in [0.717, 1.165) is 161 Å². The van der Waals surface area contributed by atoms with Crippen LogP contribution in [0.1, 0.15) is 336 Å². The molecule has 5 unspecified atom stereocenters. The second kappa shape index (κ2) is 78.3. The number of hydrogen-bond acceptors (Lipinski definition) is 15. The number of carbonyl (C=O) groups is 4. The van der Waals surface area contributed by atoms with Crippen LogP contribution in [-0.4, -0.2) is 96.7 Å². The summed E-state index contributed by atoms with van der Waals surface area (Å²) >= 11 is 0. The van der Waals surface area contributed by atoms with E-state index in [1.54, 1.807) is 0 Å². The van der Waals surface area contributed by atoms with Crippen LogP contribution in [0, 0.1) is 0 Å². The summed E-state index contributed by atoms with van der Waals surface area (Å²) in [6.45, 7) is 4.57. The Morgan fingerprint density at radius 1 is 0.274 bits per heavy atom. The lowest BCUT2D eigenvalue weighted by atomic mass is 10.0. The van der Waals surface area contributed by atoms with Gasteiger partial charge in [0.2, 0.25) is 0 Å². The zero-order valence-electron chi connectivity index (χ0n) is 66.6. The van der Waals surface area contributed by atoms with E-state index in [4.69, 9.17) is 37.0 Å². The number of esters is 4. The van der Waals surface area contributed by atoms with Crippen LogP contribution >= 0.6 is 15.6 Å². The summed E-state index contributed by atoms with van der Waals surface area (Å²) in [4.78, 5) is 73.1. The van der Waals surface area contributed by atoms with Gasteiger partial charge in [-0.2, -0.15) is 0 Å². The molecule has 0 aromatic carbocycles. The van der Waals surface area contributed by atoms with Gasteiger partial charge in [-0.25, -0.2) is 9.13 Å². The molecule has 5 atom stereocenters. The van der Waals surface area contributed by atoms with Crippen molar-refractivity contribution in [2.45, 2.75) is 354 Å². The molecule has 0 saturated heterocycles. The van der Waals surface area contributed by atoms with Gasteiger partial charge in [0, 0.05) is 25.7 Å². The Morgan fingerprint density at radius 3 is 0.821 bits per heavy atom. The molecule has 0 aliphatic carbocycles. The van der Waals surface area contributed by atoms with E-state index in [1.807, 2.05) is 18.2 Å². The van der Waals surface area contributed by atoms with Crippen LogP contribution in [0.15, 0.2) is 134 Å². The van der Waals surface area contributed by atoms with Crippen LogP contribution in [0.5, 0.6) is 0 Å². The van der Waals surface area contributed by atoms with Gasteiger partial charge in [0.25, 0.3) is 0 Å². The van der Waals surface area contributed by atoms with Gasteiger partial charge >= 0.3 is 39.5 Å². The molecule has 0 rings (SSSR count). The van der Waals surface area contributed by atoms with Crippen molar-refractivity contribution >= 4 is 39.5 Å². The monoisotopic (exact) mass is 1530 g/mol. The van der Waals surface area contributed by atoms with Crippen molar-refractivity contribution in [3.8, 4) is 0 Å². The summed E-state index contributed by atoms with van der Waals surface area (Å²) in [7, 11) is -9.99. The number of ether oxygens (including phenoxy) is 4. The number of rotatable bonds is 77. The van der Waals surface area contributed by atoms with Crippen LogP contribution in [0.3, 0.4) is 0 Å². The lowest BCUT2D eigenvalue weighted by Crippen LogP contribution is -2.30. The number of phosphoric acid groups is 2. The predicted octanol–water partition coefficient (Wildman–Crippen LogP) is 24.4. The highest BCUT2D eigenvalue weighted by molar-refractivity contribution is 7.47. The maximum absolute atomic E-state index is 13.1. The average Bonchev–Trinajstić information content (AvgIpc) is 0.901. The highest BCUT2D eigenvalue weighted by atomic mass is 31.2. The summed E-state index contributed by atoms with van der Waals surface area (Å²) in [5.74, 6) is -2.29. The third-order valence-corrected chi connectivity index (χ3v) is 19.0. The molecule has 106 heavy (non-hydrogen) atoms. The minimum Gasteiger partial charge on any atom is -0.462 e. The van der Waals surface area contributed by atoms with Crippen molar-refractivity contribution in [1.29, 1.82) is 0 Å². The highest BCUT2D eigenvalue weighted by Crippen LogP contribution is 2.45. The number of allylic oxidation sites excluding steroid dienone is 22. The number of hydrogen-bond donors (Lipinski definition) is 3. The van der Waals surface area contributed by atoms with Crippen LogP contribution in [0.2, 0.25) is 0 Å². The standard InChI is InChI=1S/C87H148O17P2/c1-5-9-13-17-21-25-29-33-36-38-40-42-45-48-51-55-59-63-67-71-84(89)97-77-82(103-86(91)73-69-65-61-57-53-47-32-28-24-20-16-12-8-4)79-101-105(93,94)99-75-81(88)76-100-106(95,96)102-80-83(104-87(92)74-70-66-62-58-54-50-44-35-31-27-23-19-15-11-7-3)78-98-85(90)72-68-64-60-56-52-49-46-43-41-39-37-34-30-26-22-18-14-10-6-2/h9-10,13-14,21-22,25-26,33-37,40-44,48,51,59,63,81-83,88H,5-8,11-12,15-20,23-24,27-32,38-39,45-47,49-50,52-58,60-62,64-80H2,1-4H3,(H,93,94)(H,95,96)/b13-9-,14-10-,25-21-,26-22-,36-33-,37-34-,42-40-,43-41-,44-35-,51-48-,63-59-. The second-order valence-electron chi connectivity index (χ2n) is 27.3. The van der Waals surface area contributed by atoms with Gasteiger partial charge < -0.3 is 33.8 Å². The van der Waals surface area contributed by atoms with Gasteiger partial charge in [-0.3, -0.25) is 37.3 Å². The van der Waals surface area contributed by atoms with E-state index in [1.165, 1.54) is 89.9 Å². The molecule has 0 radical (unpaired) electrons. The Morgan fingerprint density at radius 2 is 0.509 bits per heavy atom. The molecule has 17 nitrogen and oxygen atoms in total. The first kappa shape index (κ1) is 101. The first-order chi connectivity index (χ1) is 51.7. The van der Waals surface area contributed by atoms with Crippen molar-refractivity contribution in [2.75, 3.05) is 39.6 Å². The maximum atomic E-state index is 13.1. The smallest absolute Gasteiger partial charge is 0.462 e. The van der Waals surface area contributed by atoms with Crippen LogP contribution < -0.4 is 0 Å². The summed E-state index contributed by atoms with van der Waals surface area (Å²) in [5, 5.41) is 10.7. The van der Waals surface area contributed by atoms with E-state index in [0.29, 0.717) is 32.1 Å². The van der Waals surface area contributed by atoms with E-state index in [9.17, 15) is 43.2 Å². The molecule has 3 N–H and O–H groups in total. The minimum absolute atomic E-state index is 0.0356. The minimum atomic E-state index is -5.00. The predicted molar refractivity (Wildman–Crippen MR) is 436 cm³/mol. The molecule has 608 valence electrons. The number of unbranched alkanes of at least 4 members (excludes halogenated alkanes) is 29. The van der Waals surface area contributed by atoms with Crippen molar-refractivity contribution in [2.24, 2.45) is 0 Å². The number of carbonyl (C=O) groups excluding carboxylic acids is 4. The summed E-state index contributed by atoms with van der Waals surface area (Å²) in [6.07, 6.45) is 88.6. The summed E-state index contributed by atoms with van der Waals surface area (Å²) in [6, 6.07) is 0. The summed E-state index contributed by atoms with van der Waals surface area (Å²) < 4.78 is 68.6. The van der Waals surface area contributed by atoms with Crippen molar-refractivity contribution < 1.29 is 80.2 Å². The Hall–Kier alpha value is -4.80. The fourth-order valence-corrected chi connectivity index (χ4v) is 12.5. The third kappa shape index (κ3) is 77.4. The molecule has 0 aromatic heterocycles. The Labute approximate surface area is 644 Å². The van der Waals surface area contributed by atoms with Gasteiger partial charge in [0.1, 0.15) is 19.3 Å². The molecule has 0 fully saturated rings. The first-order valence-corrected chi connectivity index (χ1v) is 44.4. The van der Waals surface area contributed by atoms with Crippen molar-refractivity contribution in [3.63, 3.8) is 0 Å². The molecule has 0 aliphatic rings. The Kier molecular flexibility index (Phi) is 74.8. The van der Waals surface area contributed by atoms with Gasteiger partial charge in [0.15, 0.2) is 12.2 Å². The number of aliphatic hydroxyl groups excluding tert-OH is 1. The topological polar surface area (TPSA) is 237 Å². The quantitative estimate of drug-likeness (QED) is 0.0169. The van der Waals surface area contributed by atoms with Crippen LogP contribution in [0.4, 0.5) is 0 Å². The first-order valence-electron chi connectivity index (χ1n) is 41.4. The van der Waals surface area contributed by atoms with Gasteiger partial charge in [-0.15, -0.1) is 0 Å². The van der Waals surface area contributed by atoms with Gasteiger partial charge in [-0.1, -0.05) is 315 Å². The molecular formula is C87H148O17P2. The molecule has 0 heterocycles. The molecule has 0 saturated carbocycles. The lowest BCUT2D eigenvalue weighted by molar-refractivity contribution is -0.161. The average molecular weight is 1530 g/mol. The maximum Gasteiger partial charge on any atom is 0.472 e. The van der Waals surface area contributed by atoms with E-state index >= 15 is 0 Å². The third-order valence-electron chi connectivity index (χ3n) is 17.1. The fourth-order valence-electron chi connectivity index (χ4n) is 10.9. The van der Waals surface area contributed by atoms with Crippen molar-refractivity contribution in [3.05, 3.63) is 134 Å². The fraction of sp³-hybridized carbons (Fsp3) is 0.701. The molecule has 0 spiro atoms. The SMILES string of the molecule is CC/C=C\C/C=C\C/C=C\C/C=C\C/C=C\C/C=C\CCC(=O)OCC(COP(=O)(O)OCC(O)COP(=O)(O)OCC(COC(=O)CCCCCCCC/C=C\C/C=C\C/C=C\C/C=C\CC)OC(=O)CCCCCCC/C=C\CCCCCCCC)OC(=O)CCCCCCCCCCCCCCC. The van der Waals surface area contributed by atoms with E-state index in [-0.39, 0.29) is 25.7 Å². The number of aliphatic hydroxyl groups is 1. The zero-order chi connectivity index (χ0) is 77.4. The second-order valence-corrected chi connectivity index (χ2v) is 30.2. The lowest BCUT2D eigenvalue weighted by Gasteiger charge is -2.21. The number of phosphoric ester groups is 2. The van der Waals surface area contributed by atoms with Crippen molar-refractivity contribution in [1.82, 2.24) is 0 Å². The Balaban J connectivity index is 5.41. The zero-order valence-corrected chi connectivity index (χ0v) is 68.4. The molecular weight excluding hydrogens is 1380 g/mol. The Bertz CT molecular complexity index is 2530. The van der Waals surface area contributed by atoms with E-state index < -0.39 is 97.5 Å². The largest absolute Gasteiger partial charge is 0.472 e. The van der Waals surface area contributed by atoms with Gasteiger partial charge in [0.05, 0.1) is 26.4 Å². The highest BCUT2D eigenvalue weighted by Gasteiger charge is 2.30. The van der Waals surface area contributed by atoms with E-state index in [2.05, 4.69) is 143 Å². The van der Waals surface area contributed by atoms with Crippen LogP contribution in [0.25, 0.3) is 0 Å². The summed E-state index contributed by atoms with van der Waals surface area (Å²) in [5.41, 5.74) is 0. The normalized spacial score (nSPS) is 14.5. The molecule has 0 amide bonds.